The third-order valence-electron chi connectivity index (χ3n) is 7.23. The first-order valence-electron chi connectivity index (χ1n) is 12.2. The van der Waals surface area contributed by atoms with Crippen molar-refractivity contribution in [3.8, 4) is 0 Å². The minimum Gasteiger partial charge on any atom is -0.392 e. The van der Waals surface area contributed by atoms with Crippen molar-refractivity contribution in [1.82, 2.24) is 4.90 Å². The largest absolute Gasteiger partial charge is 0.392 e. The number of ether oxygens (including phenoxy) is 1. The average Bonchev–Trinajstić information content (AvgIpc) is 3.23. The highest BCUT2D eigenvalue weighted by Crippen LogP contribution is 2.50. The van der Waals surface area contributed by atoms with Crippen molar-refractivity contribution in [3.63, 3.8) is 0 Å². The molecule has 2 saturated carbocycles. The molecular weight excluding hydrogens is 362 g/mol. The summed E-state index contributed by atoms with van der Waals surface area (Å²) in [4.78, 5) is 2.52. The number of hydrogen-bond donors (Lipinski definition) is 2. The zero-order valence-corrected chi connectivity index (χ0v) is 18.5. The summed E-state index contributed by atoms with van der Waals surface area (Å²) in [5, 5.41) is 20.7. The highest BCUT2D eigenvalue weighted by atomic mass is 16.5. The average molecular weight is 406 g/mol. The first-order valence-corrected chi connectivity index (χ1v) is 12.2. The second-order valence-corrected chi connectivity index (χ2v) is 9.47. The molecule has 0 aromatic carbocycles. The Hall–Kier alpha value is -0.680. The highest BCUT2D eigenvalue weighted by Gasteiger charge is 2.44. The molecule has 2 N–H and O–H groups in total. The summed E-state index contributed by atoms with van der Waals surface area (Å²) in [6.07, 6.45) is 17.3. The van der Waals surface area contributed by atoms with E-state index in [1.807, 2.05) is 6.08 Å². The number of nitrogens with zero attached hydrogens (tertiary/aromatic N) is 1. The lowest BCUT2D eigenvalue weighted by atomic mass is 9.90. The fourth-order valence-electron chi connectivity index (χ4n) is 5.51. The number of allylic oxidation sites excluding steroid dienone is 2. The number of morpholine rings is 1. The SMILES string of the molecule is CCCCC[C@H](O)C=C[C@@H]1[C@H]2CC(=CCCCCN3CCOCC3)C[C@H]2C[C@H]1O. The van der Waals surface area contributed by atoms with Crippen molar-refractivity contribution in [2.45, 2.75) is 83.3 Å². The lowest BCUT2D eigenvalue weighted by molar-refractivity contribution is 0.0372. The number of hydrogen-bond acceptors (Lipinski definition) is 4. The molecule has 1 heterocycles. The zero-order valence-electron chi connectivity index (χ0n) is 18.5. The molecule has 0 amide bonds. The van der Waals surface area contributed by atoms with Gasteiger partial charge in [0, 0.05) is 19.0 Å². The van der Waals surface area contributed by atoms with E-state index in [1.165, 1.54) is 45.1 Å². The Balaban J connectivity index is 1.38. The fraction of sp³-hybridized carbons (Fsp3) is 0.840. The zero-order chi connectivity index (χ0) is 20.5. The second-order valence-electron chi connectivity index (χ2n) is 9.47. The molecule has 29 heavy (non-hydrogen) atoms. The predicted octanol–water partition coefficient (Wildman–Crippen LogP) is 4.32. The van der Waals surface area contributed by atoms with Crippen LogP contribution >= 0.6 is 0 Å². The Morgan fingerprint density at radius 1 is 1.14 bits per heavy atom. The van der Waals surface area contributed by atoms with Crippen molar-refractivity contribution in [2.75, 3.05) is 32.8 Å². The predicted molar refractivity (Wildman–Crippen MR) is 119 cm³/mol. The third kappa shape index (κ3) is 7.20. The van der Waals surface area contributed by atoms with Gasteiger partial charge in [0.05, 0.1) is 25.4 Å². The maximum Gasteiger partial charge on any atom is 0.0721 e. The molecule has 0 spiro atoms. The van der Waals surface area contributed by atoms with Crippen LogP contribution in [0.3, 0.4) is 0 Å². The summed E-state index contributed by atoms with van der Waals surface area (Å²) in [6.45, 7) is 7.36. The van der Waals surface area contributed by atoms with Gasteiger partial charge in [0.25, 0.3) is 0 Å². The van der Waals surface area contributed by atoms with Crippen LogP contribution in [0.25, 0.3) is 0 Å². The molecule has 1 aliphatic heterocycles. The van der Waals surface area contributed by atoms with Crippen LogP contribution in [0.15, 0.2) is 23.8 Å². The second kappa shape index (κ2) is 12.2. The van der Waals surface area contributed by atoms with Gasteiger partial charge < -0.3 is 14.9 Å². The van der Waals surface area contributed by atoms with Gasteiger partial charge in [0.15, 0.2) is 0 Å². The Labute approximate surface area is 178 Å². The third-order valence-corrected chi connectivity index (χ3v) is 7.23. The van der Waals surface area contributed by atoms with Gasteiger partial charge in [-0.2, -0.15) is 0 Å². The Kier molecular flexibility index (Phi) is 9.71. The van der Waals surface area contributed by atoms with Crippen LogP contribution in [-0.4, -0.2) is 60.2 Å². The fourth-order valence-corrected chi connectivity index (χ4v) is 5.51. The molecular formula is C25H43NO3. The van der Waals surface area contributed by atoms with Gasteiger partial charge in [-0.25, -0.2) is 0 Å². The number of fused-ring (bicyclic) bond motifs is 1. The normalized spacial score (nSPS) is 33.0. The van der Waals surface area contributed by atoms with E-state index in [9.17, 15) is 10.2 Å². The van der Waals surface area contributed by atoms with Gasteiger partial charge in [0.2, 0.25) is 0 Å². The van der Waals surface area contributed by atoms with Gasteiger partial charge in [-0.15, -0.1) is 0 Å². The quantitative estimate of drug-likeness (QED) is 0.397. The lowest BCUT2D eigenvalue weighted by Gasteiger charge is -2.26. The summed E-state index contributed by atoms with van der Waals surface area (Å²) in [6, 6.07) is 0. The summed E-state index contributed by atoms with van der Waals surface area (Å²) in [5.41, 5.74) is 1.61. The van der Waals surface area contributed by atoms with E-state index in [1.54, 1.807) is 5.57 Å². The molecule has 0 aromatic heterocycles. The van der Waals surface area contributed by atoms with Crippen LogP contribution < -0.4 is 0 Å². The number of unbranched alkanes of at least 4 members (excludes halogenated alkanes) is 4. The van der Waals surface area contributed by atoms with Crippen LogP contribution in [0.2, 0.25) is 0 Å². The van der Waals surface area contributed by atoms with E-state index in [0.29, 0.717) is 11.8 Å². The molecule has 0 bridgehead atoms. The molecule has 3 fully saturated rings. The molecule has 3 aliphatic rings. The van der Waals surface area contributed by atoms with Crippen LogP contribution in [0.5, 0.6) is 0 Å². The van der Waals surface area contributed by atoms with E-state index in [0.717, 1.165) is 52.0 Å². The van der Waals surface area contributed by atoms with Crippen LogP contribution in [0.4, 0.5) is 0 Å². The molecule has 1 saturated heterocycles. The Bertz CT molecular complexity index is 526. The maximum atomic E-state index is 10.5. The minimum absolute atomic E-state index is 0.223. The van der Waals surface area contributed by atoms with Crippen molar-refractivity contribution in [3.05, 3.63) is 23.8 Å². The van der Waals surface area contributed by atoms with Crippen molar-refractivity contribution >= 4 is 0 Å². The van der Waals surface area contributed by atoms with Crippen LogP contribution in [-0.2, 0) is 4.74 Å². The molecule has 166 valence electrons. The standard InChI is InChI=1S/C25H43NO3/c1-2-3-5-9-22(27)10-11-23-24-18-20(17-21(24)19-25(23)28)8-6-4-7-12-26-13-15-29-16-14-26/h8,10-11,21-25,27-28H,2-7,9,12-19H2,1H3/t21-,22-,23+,24-,25+/m0/s1. The van der Waals surface area contributed by atoms with Gasteiger partial charge in [-0.3, -0.25) is 4.90 Å². The summed E-state index contributed by atoms with van der Waals surface area (Å²) in [7, 11) is 0. The van der Waals surface area contributed by atoms with Crippen molar-refractivity contribution in [2.24, 2.45) is 17.8 Å². The molecule has 4 nitrogen and oxygen atoms in total. The first kappa shape index (κ1) is 23.0. The number of aliphatic hydroxyl groups excluding tert-OH is 2. The molecule has 3 rings (SSSR count). The minimum atomic E-state index is -0.351. The topological polar surface area (TPSA) is 52.9 Å². The van der Waals surface area contributed by atoms with E-state index in [-0.39, 0.29) is 18.1 Å². The van der Waals surface area contributed by atoms with E-state index < -0.39 is 0 Å². The molecule has 5 atom stereocenters. The van der Waals surface area contributed by atoms with E-state index in [2.05, 4.69) is 24.0 Å². The Morgan fingerprint density at radius 3 is 2.76 bits per heavy atom. The molecule has 0 aromatic rings. The van der Waals surface area contributed by atoms with Crippen molar-refractivity contribution < 1.29 is 14.9 Å². The van der Waals surface area contributed by atoms with Crippen LogP contribution in [0.1, 0.15) is 71.1 Å². The summed E-state index contributed by atoms with van der Waals surface area (Å²) >= 11 is 0. The smallest absolute Gasteiger partial charge is 0.0721 e. The van der Waals surface area contributed by atoms with Gasteiger partial charge in [-0.1, -0.05) is 50.0 Å². The van der Waals surface area contributed by atoms with Gasteiger partial charge >= 0.3 is 0 Å². The lowest BCUT2D eigenvalue weighted by Crippen LogP contribution is -2.36. The number of aliphatic hydroxyl groups is 2. The Morgan fingerprint density at radius 2 is 1.97 bits per heavy atom. The molecule has 0 radical (unpaired) electrons. The summed E-state index contributed by atoms with van der Waals surface area (Å²) < 4.78 is 5.41. The monoisotopic (exact) mass is 405 g/mol. The molecule has 4 heteroatoms. The summed E-state index contributed by atoms with van der Waals surface area (Å²) in [5.74, 6) is 1.44. The number of rotatable bonds is 11. The van der Waals surface area contributed by atoms with Gasteiger partial charge in [-0.05, 0) is 63.3 Å². The maximum absolute atomic E-state index is 10.5. The highest BCUT2D eigenvalue weighted by molar-refractivity contribution is 5.18. The van der Waals surface area contributed by atoms with Crippen molar-refractivity contribution in [1.29, 1.82) is 0 Å². The van der Waals surface area contributed by atoms with Crippen LogP contribution in [0, 0.1) is 17.8 Å². The first-order chi connectivity index (χ1) is 14.2. The molecule has 2 aliphatic carbocycles. The van der Waals surface area contributed by atoms with E-state index in [4.69, 9.17) is 4.74 Å². The van der Waals surface area contributed by atoms with E-state index >= 15 is 0 Å². The molecule has 0 unspecified atom stereocenters. The van der Waals surface area contributed by atoms with Gasteiger partial charge in [0.1, 0.15) is 0 Å².